The van der Waals surface area contributed by atoms with Crippen molar-refractivity contribution in [1.82, 2.24) is 15.1 Å². The molecule has 0 radical (unpaired) electrons. The molecule has 3 heterocycles. The van der Waals surface area contributed by atoms with Gasteiger partial charge in [0.2, 0.25) is 0 Å². The minimum atomic E-state index is -0.319. The van der Waals surface area contributed by atoms with Crippen LogP contribution in [0.2, 0.25) is 0 Å². The molecule has 2 aliphatic rings. The number of benzene rings is 1. The van der Waals surface area contributed by atoms with E-state index < -0.39 is 0 Å². The Hall–Kier alpha value is -2.41. The van der Waals surface area contributed by atoms with Gasteiger partial charge in [-0.25, -0.2) is 0 Å². The molecule has 0 aliphatic carbocycles. The van der Waals surface area contributed by atoms with E-state index >= 15 is 0 Å². The summed E-state index contributed by atoms with van der Waals surface area (Å²) in [4.78, 5) is 12.9. The molecule has 0 atom stereocenters. The standard InChI is InChI=1S/C14H15N5O2.C2H6/c1-17-8-13-11(7-16-18(13)9-5-15-6-9)10-3-2-4-12(14(10)17)19(20)21;1-2/h2-4,7,9,15H,5-6,8H2,1H3;1-2H3. The maximum Gasteiger partial charge on any atom is 0.293 e. The molecule has 1 aromatic carbocycles. The fourth-order valence-corrected chi connectivity index (χ4v) is 3.13. The minimum absolute atomic E-state index is 0.152. The van der Waals surface area contributed by atoms with Crippen LogP contribution >= 0.6 is 0 Å². The van der Waals surface area contributed by atoms with E-state index in [4.69, 9.17) is 0 Å². The number of nitro benzene ring substituents is 1. The molecule has 7 heteroatoms. The van der Waals surface area contributed by atoms with E-state index in [0.29, 0.717) is 18.3 Å². The molecular formula is C16H21N5O2. The third-order valence-corrected chi connectivity index (χ3v) is 4.27. The zero-order chi connectivity index (χ0) is 16.6. The van der Waals surface area contributed by atoms with Crippen LogP contribution in [-0.4, -0.2) is 34.8 Å². The van der Waals surface area contributed by atoms with E-state index in [1.807, 2.05) is 38.1 Å². The van der Waals surface area contributed by atoms with Crippen molar-refractivity contribution < 1.29 is 4.92 Å². The van der Waals surface area contributed by atoms with Gasteiger partial charge in [-0.3, -0.25) is 14.8 Å². The molecule has 1 fully saturated rings. The third kappa shape index (κ3) is 2.37. The van der Waals surface area contributed by atoms with E-state index in [1.54, 1.807) is 12.1 Å². The molecule has 1 saturated heterocycles. The number of anilines is 1. The van der Waals surface area contributed by atoms with E-state index in [0.717, 1.165) is 29.9 Å². The number of hydrogen-bond donors (Lipinski definition) is 1. The predicted octanol–water partition coefficient (Wildman–Crippen LogP) is 2.58. The Balaban J connectivity index is 0.000000753. The topological polar surface area (TPSA) is 76.2 Å². The van der Waals surface area contributed by atoms with Crippen LogP contribution in [0.3, 0.4) is 0 Å². The Bertz CT molecular complexity index is 736. The highest BCUT2D eigenvalue weighted by Gasteiger charge is 2.32. The van der Waals surface area contributed by atoms with Crippen molar-refractivity contribution in [1.29, 1.82) is 0 Å². The molecule has 122 valence electrons. The van der Waals surface area contributed by atoms with Gasteiger partial charge in [0.25, 0.3) is 5.69 Å². The third-order valence-electron chi connectivity index (χ3n) is 4.27. The highest BCUT2D eigenvalue weighted by atomic mass is 16.6. The van der Waals surface area contributed by atoms with Crippen molar-refractivity contribution in [3.8, 4) is 11.1 Å². The number of nitrogens with zero attached hydrogens (tertiary/aromatic N) is 4. The quantitative estimate of drug-likeness (QED) is 0.681. The van der Waals surface area contributed by atoms with E-state index in [2.05, 4.69) is 15.1 Å². The highest BCUT2D eigenvalue weighted by Crippen LogP contribution is 2.44. The second-order valence-electron chi connectivity index (χ2n) is 5.55. The Labute approximate surface area is 135 Å². The van der Waals surface area contributed by atoms with Crippen molar-refractivity contribution in [2.24, 2.45) is 0 Å². The van der Waals surface area contributed by atoms with Crippen LogP contribution in [-0.2, 0) is 6.54 Å². The van der Waals surface area contributed by atoms with Gasteiger partial charge < -0.3 is 10.2 Å². The van der Waals surface area contributed by atoms with Crippen LogP contribution in [0.4, 0.5) is 11.4 Å². The lowest BCUT2D eigenvalue weighted by atomic mass is 9.97. The van der Waals surface area contributed by atoms with Crippen molar-refractivity contribution in [3.05, 3.63) is 40.2 Å². The average Bonchev–Trinajstić information content (AvgIpc) is 2.91. The van der Waals surface area contributed by atoms with Gasteiger partial charge >= 0.3 is 0 Å². The fraction of sp³-hybridized carbons (Fsp3) is 0.438. The molecule has 4 rings (SSSR count). The largest absolute Gasteiger partial charge is 0.363 e. The molecule has 0 unspecified atom stereocenters. The molecule has 1 N–H and O–H groups in total. The van der Waals surface area contributed by atoms with Crippen LogP contribution in [0.25, 0.3) is 11.1 Å². The van der Waals surface area contributed by atoms with Crippen LogP contribution in [0, 0.1) is 10.1 Å². The molecule has 0 bridgehead atoms. The Kier molecular flexibility index (Phi) is 4.04. The van der Waals surface area contributed by atoms with Gasteiger partial charge in [-0.15, -0.1) is 0 Å². The summed E-state index contributed by atoms with van der Waals surface area (Å²) < 4.78 is 2.06. The first-order chi connectivity index (χ1) is 11.2. The van der Waals surface area contributed by atoms with Gasteiger partial charge in [-0.1, -0.05) is 26.0 Å². The number of nitro groups is 1. The molecule has 23 heavy (non-hydrogen) atoms. The number of aromatic nitrogens is 2. The second-order valence-corrected chi connectivity index (χ2v) is 5.55. The first kappa shape index (κ1) is 15.5. The number of rotatable bonds is 2. The molecule has 0 amide bonds. The zero-order valence-electron chi connectivity index (χ0n) is 13.6. The van der Waals surface area contributed by atoms with Gasteiger partial charge in [-0.05, 0) is 0 Å². The second kappa shape index (κ2) is 6.00. The summed E-state index contributed by atoms with van der Waals surface area (Å²) >= 11 is 0. The Morgan fingerprint density at radius 1 is 1.30 bits per heavy atom. The first-order valence-corrected chi connectivity index (χ1v) is 7.93. The van der Waals surface area contributed by atoms with Crippen LogP contribution in [0.15, 0.2) is 24.4 Å². The van der Waals surface area contributed by atoms with E-state index in [-0.39, 0.29) is 10.6 Å². The maximum absolute atomic E-state index is 11.2. The van der Waals surface area contributed by atoms with Gasteiger partial charge in [-0.2, -0.15) is 5.10 Å². The Morgan fingerprint density at radius 2 is 2.04 bits per heavy atom. The summed E-state index contributed by atoms with van der Waals surface area (Å²) in [6.45, 7) is 6.50. The van der Waals surface area contributed by atoms with Gasteiger partial charge in [0, 0.05) is 37.3 Å². The van der Waals surface area contributed by atoms with E-state index in [9.17, 15) is 10.1 Å². The first-order valence-electron chi connectivity index (χ1n) is 7.93. The molecule has 2 aliphatic heterocycles. The van der Waals surface area contributed by atoms with Crippen molar-refractivity contribution in [2.45, 2.75) is 26.4 Å². The van der Waals surface area contributed by atoms with Crippen molar-refractivity contribution in [3.63, 3.8) is 0 Å². The normalized spacial score (nSPS) is 15.9. The number of para-hydroxylation sites is 1. The summed E-state index contributed by atoms with van der Waals surface area (Å²) in [6, 6.07) is 5.62. The molecule has 7 nitrogen and oxygen atoms in total. The molecular weight excluding hydrogens is 294 g/mol. The van der Waals surface area contributed by atoms with Gasteiger partial charge in [0.05, 0.1) is 29.4 Å². The van der Waals surface area contributed by atoms with Crippen molar-refractivity contribution >= 4 is 11.4 Å². The molecule has 0 spiro atoms. The number of hydrogen-bond acceptors (Lipinski definition) is 5. The van der Waals surface area contributed by atoms with E-state index in [1.165, 1.54) is 0 Å². The number of nitrogens with one attached hydrogen (secondary N) is 1. The highest BCUT2D eigenvalue weighted by molar-refractivity contribution is 5.88. The van der Waals surface area contributed by atoms with Crippen LogP contribution in [0.5, 0.6) is 0 Å². The van der Waals surface area contributed by atoms with Crippen LogP contribution < -0.4 is 10.2 Å². The smallest absolute Gasteiger partial charge is 0.293 e. The lowest BCUT2D eigenvalue weighted by Gasteiger charge is -2.32. The summed E-state index contributed by atoms with van der Waals surface area (Å²) in [7, 11) is 1.89. The molecule has 2 aromatic rings. The van der Waals surface area contributed by atoms with Crippen molar-refractivity contribution in [2.75, 3.05) is 25.0 Å². The maximum atomic E-state index is 11.2. The summed E-state index contributed by atoms with van der Waals surface area (Å²) in [5.74, 6) is 0. The summed E-state index contributed by atoms with van der Waals surface area (Å²) in [6.07, 6.45) is 1.84. The zero-order valence-corrected chi connectivity index (χ0v) is 13.6. The van der Waals surface area contributed by atoms with Crippen LogP contribution in [0.1, 0.15) is 25.6 Å². The number of fused-ring (bicyclic) bond motifs is 3. The lowest BCUT2D eigenvalue weighted by molar-refractivity contribution is -0.384. The summed E-state index contributed by atoms with van der Waals surface area (Å²) in [5, 5.41) is 19.0. The lowest BCUT2D eigenvalue weighted by Crippen LogP contribution is -2.44. The average molecular weight is 315 g/mol. The SMILES string of the molecule is CC.CN1Cc2c(cnn2C2CNC2)-c2cccc([N+](=O)[O-])c21. The fourth-order valence-electron chi connectivity index (χ4n) is 3.13. The summed E-state index contributed by atoms with van der Waals surface area (Å²) in [5.41, 5.74) is 3.88. The van der Waals surface area contributed by atoms with Gasteiger partial charge in [0.15, 0.2) is 0 Å². The van der Waals surface area contributed by atoms with Gasteiger partial charge in [0.1, 0.15) is 5.69 Å². The monoisotopic (exact) mass is 315 g/mol. The molecule has 1 aromatic heterocycles. The Morgan fingerprint density at radius 3 is 2.65 bits per heavy atom. The molecule has 0 saturated carbocycles. The predicted molar refractivity (Wildman–Crippen MR) is 89.7 cm³/mol. The minimum Gasteiger partial charge on any atom is -0.363 e.